The molecule has 0 atom stereocenters. The second kappa shape index (κ2) is 7.25. The first-order valence-electron chi connectivity index (χ1n) is 8.24. The Bertz CT molecular complexity index is 724. The summed E-state index contributed by atoms with van der Waals surface area (Å²) in [5, 5.41) is 5.69. The van der Waals surface area contributed by atoms with Crippen molar-refractivity contribution >= 4 is 23.1 Å². The molecule has 24 heavy (non-hydrogen) atoms. The Hall–Kier alpha value is -2.69. The lowest BCUT2D eigenvalue weighted by molar-refractivity contribution is 0.262. The zero-order valence-electron chi connectivity index (χ0n) is 14.1. The largest absolute Gasteiger partial charge is 0.495 e. The van der Waals surface area contributed by atoms with Gasteiger partial charge in [0.2, 0.25) is 0 Å². The third kappa shape index (κ3) is 3.62. The minimum absolute atomic E-state index is 0.284. The Labute approximate surface area is 142 Å². The maximum absolute atomic E-state index is 12.2. The number of nitrogens with zero attached hydrogens (tertiary/aromatic N) is 1. The van der Waals surface area contributed by atoms with Crippen molar-refractivity contribution in [3.63, 3.8) is 0 Å². The molecule has 0 saturated carbocycles. The summed E-state index contributed by atoms with van der Waals surface area (Å²) >= 11 is 0. The average Bonchev–Trinajstić information content (AvgIpc) is 3.09. The molecule has 1 fully saturated rings. The molecule has 0 aromatic heterocycles. The van der Waals surface area contributed by atoms with Gasteiger partial charge in [-0.05, 0) is 55.7 Å². The number of rotatable bonds is 4. The summed E-state index contributed by atoms with van der Waals surface area (Å²) in [7, 11) is 1.58. The van der Waals surface area contributed by atoms with Crippen LogP contribution in [0.3, 0.4) is 0 Å². The van der Waals surface area contributed by atoms with Crippen molar-refractivity contribution in [1.29, 1.82) is 0 Å². The van der Waals surface area contributed by atoms with E-state index >= 15 is 0 Å². The minimum atomic E-state index is -0.284. The van der Waals surface area contributed by atoms with Crippen molar-refractivity contribution in [2.24, 2.45) is 0 Å². The van der Waals surface area contributed by atoms with Crippen LogP contribution in [0.4, 0.5) is 21.9 Å². The van der Waals surface area contributed by atoms with Gasteiger partial charge in [-0.15, -0.1) is 0 Å². The predicted octanol–water partition coefficient (Wildman–Crippen LogP) is 4.25. The van der Waals surface area contributed by atoms with E-state index in [2.05, 4.69) is 28.5 Å². The molecule has 2 N–H and O–H groups in total. The number of amides is 2. The number of benzene rings is 2. The summed E-state index contributed by atoms with van der Waals surface area (Å²) in [6.45, 7) is 4.31. The highest BCUT2D eigenvalue weighted by Crippen LogP contribution is 2.27. The van der Waals surface area contributed by atoms with Gasteiger partial charge in [0.15, 0.2) is 0 Å². The Morgan fingerprint density at radius 3 is 2.54 bits per heavy atom. The lowest BCUT2D eigenvalue weighted by atomic mass is 10.1. The summed E-state index contributed by atoms with van der Waals surface area (Å²) in [6, 6.07) is 13.1. The van der Waals surface area contributed by atoms with Crippen molar-refractivity contribution in [3.05, 3.63) is 48.0 Å². The zero-order chi connectivity index (χ0) is 16.9. The van der Waals surface area contributed by atoms with E-state index in [0.29, 0.717) is 11.4 Å². The molecule has 0 unspecified atom stereocenters. The molecule has 1 aliphatic heterocycles. The Kier molecular flexibility index (Phi) is 4.89. The minimum Gasteiger partial charge on any atom is -0.495 e. The fourth-order valence-corrected chi connectivity index (χ4v) is 3.08. The number of carbonyl (C=O) groups is 1. The van der Waals surface area contributed by atoms with Crippen LogP contribution < -0.4 is 20.3 Å². The Morgan fingerprint density at radius 1 is 1.08 bits per heavy atom. The van der Waals surface area contributed by atoms with E-state index in [0.717, 1.165) is 18.8 Å². The maximum atomic E-state index is 12.2. The van der Waals surface area contributed by atoms with Crippen LogP contribution in [0.1, 0.15) is 18.4 Å². The molecule has 0 spiro atoms. The fourth-order valence-electron chi connectivity index (χ4n) is 3.08. The second-order valence-corrected chi connectivity index (χ2v) is 5.97. The van der Waals surface area contributed by atoms with Gasteiger partial charge in [0.05, 0.1) is 12.8 Å². The number of aryl methyl sites for hydroxylation is 1. The molecule has 2 aromatic carbocycles. The number of carbonyl (C=O) groups excluding carboxylic acids is 1. The molecule has 1 aliphatic rings. The summed E-state index contributed by atoms with van der Waals surface area (Å²) in [5.74, 6) is 0.633. The van der Waals surface area contributed by atoms with E-state index in [1.165, 1.54) is 24.1 Å². The van der Waals surface area contributed by atoms with Gasteiger partial charge >= 0.3 is 6.03 Å². The van der Waals surface area contributed by atoms with Gasteiger partial charge in [-0.1, -0.05) is 12.1 Å². The van der Waals surface area contributed by atoms with Crippen LogP contribution in [0.25, 0.3) is 0 Å². The normalized spacial score (nSPS) is 13.7. The Morgan fingerprint density at radius 2 is 1.83 bits per heavy atom. The number of urea groups is 1. The van der Waals surface area contributed by atoms with Crippen molar-refractivity contribution in [2.75, 3.05) is 35.7 Å². The van der Waals surface area contributed by atoms with Crippen molar-refractivity contribution in [1.82, 2.24) is 0 Å². The standard InChI is InChI=1S/C19H23N3O2/c1-14-13-15(9-10-17(14)22-11-5-6-12-22)20-19(23)21-16-7-3-4-8-18(16)24-2/h3-4,7-10,13H,5-6,11-12H2,1-2H3,(H2,20,21,23). The fraction of sp³-hybridized carbons (Fsp3) is 0.316. The van der Waals surface area contributed by atoms with E-state index in [9.17, 15) is 4.79 Å². The third-order valence-electron chi connectivity index (χ3n) is 4.26. The predicted molar refractivity (Wildman–Crippen MR) is 98.3 cm³/mol. The number of nitrogens with one attached hydrogen (secondary N) is 2. The van der Waals surface area contributed by atoms with Gasteiger partial charge < -0.3 is 20.3 Å². The monoisotopic (exact) mass is 325 g/mol. The quantitative estimate of drug-likeness (QED) is 0.883. The van der Waals surface area contributed by atoms with E-state index in [1.54, 1.807) is 13.2 Å². The molecule has 1 saturated heterocycles. The number of para-hydroxylation sites is 2. The zero-order valence-corrected chi connectivity index (χ0v) is 14.1. The SMILES string of the molecule is COc1ccccc1NC(=O)Nc1ccc(N2CCCC2)c(C)c1. The molecule has 2 aromatic rings. The first kappa shape index (κ1) is 16.2. The molecule has 0 aliphatic carbocycles. The van der Waals surface area contributed by atoms with E-state index in [-0.39, 0.29) is 6.03 Å². The first-order valence-corrected chi connectivity index (χ1v) is 8.24. The molecule has 0 radical (unpaired) electrons. The third-order valence-corrected chi connectivity index (χ3v) is 4.26. The first-order chi connectivity index (χ1) is 11.7. The highest BCUT2D eigenvalue weighted by Gasteiger charge is 2.15. The maximum Gasteiger partial charge on any atom is 0.323 e. The summed E-state index contributed by atoms with van der Waals surface area (Å²) in [5.41, 5.74) is 3.85. The van der Waals surface area contributed by atoms with Gasteiger partial charge in [-0.2, -0.15) is 0 Å². The Balaban J connectivity index is 1.67. The highest BCUT2D eigenvalue weighted by atomic mass is 16.5. The van der Waals surface area contributed by atoms with Gasteiger partial charge in [0.25, 0.3) is 0 Å². The highest BCUT2D eigenvalue weighted by molar-refractivity contribution is 6.00. The molecule has 2 amide bonds. The van der Waals surface area contributed by atoms with Crippen LogP contribution in [0.15, 0.2) is 42.5 Å². The topological polar surface area (TPSA) is 53.6 Å². The summed E-state index contributed by atoms with van der Waals surface area (Å²) in [6.07, 6.45) is 2.50. The summed E-state index contributed by atoms with van der Waals surface area (Å²) in [4.78, 5) is 14.6. The molecular weight excluding hydrogens is 302 g/mol. The van der Waals surface area contributed by atoms with Crippen molar-refractivity contribution in [3.8, 4) is 5.75 Å². The number of anilines is 3. The molecule has 1 heterocycles. The molecule has 3 rings (SSSR count). The number of ether oxygens (including phenoxy) is 1. The van der Waals surface area contributed by atoms with Crippen LogP contribution >= 0.6 is 0 Å². The number of methoxy groups -OCH3 is 1. The number of hydrogen-bond donors (Lipinski definition) is 2. The molecule has 126 valence electrons. The van der Waals surface area contributed by atoms with Crippen LogP contribution in [-0.4, -0.2) is 26.2 Å². The van der Waals surface area contributed by atoms with Crippen molar-refractivity contribution < 1.29 is 9.53 Å². The van der Waals surface area contributed by atoms with Gasteiger partial charge in [0.1, 0.15) is 5.75 Å². The van der Waals surface area contributed by atoms with Crippen molar-refractivity contribution in [2.45, 2.75) is 19.8 Å². The molecular formula is C19H23N3O2. The van der Waals surface area contributed by atoms with Gasteiger partial charge in [0, 0.05) is 24.5 Å². The lowest BCUT2D eigenvalue weighted by Crippen LogP contribution is -2.21. The van der Waals surface area contributed by atoms with Crippen LogP contribution in [0.5, 0.6) is 5.75 Å². The smallest absolute Gasteiger partial charge is 0.323 e. The van der Waals surface area contributed by atoms with E-state index in [4.69, 9.17) is 4.74 Å². The summed E-state index contributed by atoms with van der Waals surface area (Å²) < 4.78 is 5.24. The van der Waals surface area contributed by atoms with Crippen LogP contribution in [0, 0.1) is 6.92 Å². The van der Waals surface area contributed by atoms with Crippen LogP contribution in [-0.2, 0) is 0 Å². The van der Waals surface area contributed by atoms with E-state index in [1.807, 2.05) is 30.3 Å². The molecule has 0 bridgehead atoms. The lowest BCUT2D eigenvalue weighted by Gasteiger charge is -2.20. The van der Waals surface area contributed by atoms with Gasteiger partial charge in [-0.3, -0.25) is 0 Å². The average molecular weight is 325 g/mol. The molecule has 5 nitrogen and oxygen atoms in total. The van der Waals surface area contributed by atoms with Crippen LogP contribution in [0.2, 0.25) is 0 Å². The molecule has 5 heteroatoms. The van der Waals surface area contributed by atoms with E-state index < -0.39 is 0 Å². The van der Waals surface area contributed by atoms with Gasteiger partial charge in [-0.25, -0.2) is 4.79 Å². The second-order valence-electron chi connectivity index (χ2n) is 5.97. The number of hydrogen-bond acceptors (Lipinski definition) is 3.